The van der Waals surface area contributed by atoms with Gasteiger partial charge in [-0.25, -0.2) is 0 Å². The topological polar surface area (TPSA) is 54.0 Å². The van der Waals surface area contributed by atoms with Crippen molar-refractivity contribution >= 4 is 7.60 Å². The Morgan fingerprint density at radius 1 is 1.32 bits per heavy atom. The molecule has 0 saturated carbocycles. The highest BCUT2D eigenvalue weighted by molar-refractivity contribution is 7.52. The number of nitrogens with zero attached hydrogens (tertiary/aromatic N) is 1. The molecule has 0 aromatic heterocycles. The van der Waals surface area contributed by atoms with Crippen molar-refractivity contribution in [1.82, 2.24) is 0 Å². The van der Waals surface area contributed by atoms with Gasteiger partial charge in [0.25, 0.3) is 0 Å². The van der Waals surface area contributed by atoms with Gasteiger partial charge in [0.05, 0.1) is 34.4 Å². The first-order chi connectivity index (χ1) is 8.49. The second-order valence-electron chi connectivity index (χ2n) is 6.36. The first-order valence-corrected chi connectivity index (χ1v) is 8.47. The number of hydrogen-bond donors (Lipinski definition) is 0. The van der Waals surface area contributed by atoms with Gasteiger partial charge in [0.2, 0.25) is 0 Å². The molecule has 2 unspecified atom stereocenters. The van der Waals surface area contributed by atoms with E-state index in [0.29, 0.717) is 13.2 Å². The van der Waals surface area contributed by atoms with Crippen LogP contribution in [0.2, 0.25) is 0 Å². The fraction of sp³-hybridized carbons (Fsp3) is 1.00. The van der Waals surface area contributed by atoms with E-state index in [1.165, 1.54) is 6.66 Å². The van der Waals surface area contributed by atoms with Gasteiger partial charge in [-0.2, -0.15) is 0 Å². The van der Waals surface area contributed by atoms with E-state index < -0.39 is 13.4 Å². The summed E-state index contributed by atoms with van der Waals surface area (Å²) in [5.74, 6) is -0.587. The molecule has 1 aliphatic rings. The predicted molar refractivity (Wildman–Crippen MR) is 73.2 cm³/mol. The monoisotopic (exact) mass is 296 g/mol. The summed E-state index contributed by atoms with van der Waals surface area (Å²) in [6.45, 7) is 7.03. The molecule has 0 amide bonds. The molecule has 0 spiro atoms. The second-order valence-corrected chi connectivity index (χ2v) is 8.42. The average molecular weight is 296 g/mol. The van der Waals surface area contributed by atoms with E-state index in [4.69, 9.17) is 18.5 Å². The van der Waals surface area contributed by atoms with Crippen molar-refractivity contribution in [2.45, 2.75) is 25.7 Å². The standard InChI is InChI=1S/C12H27NO5P/c1-12(2)15-9-11(18-12)10-17-19(6,14)16-8-7-13(3,4)5/h11H,7-10H2,1-6H3/q+1. The fourth-order valence-electron chi connectivity index (χ4n) is 1.58. The van der Waals surface area contributed by atoms with Crippen LogP contribution in [-0.4, -0.2) is 70.5 Å². The molecular weight excluding hydrogens is 269 g/mol. The molecule has 114 valence electrons. The minimum atomic E-state index is -3.02. The first kappa shape index (κ1) is 17.1. The maximum Gasteiger partial charge on any atom is 0.327 e. The molecule has 1 rings (SSSR count). The van der Waals surface area contributed by atoms with E-state index >= 15 is 0 Å². The Morgan fingerprint density at radius 2 is 1.95 bits per heavy atom. The zero-order valence-electron chi connectivity index (χ0n) is 12.8. The van der Waals surface area contributed by atoms with Crippen molar-refractivity contribution in [2.75, 3.05) is 54.2 Å². The molecule has 0 aliphatic carbocycles. The third kappa shape index (κ3) is 7.40. The lowest BCUT2D eigenvalue weighted by Crippen LogP contribution is -2.37. The van der Waals surface area contributed by atoms with Gasteiger partial charge in [0.15, 0.2) is 5.79 Å². The molecular formula is C12H27NO5P+. The highest BCUT2D eigenvalue weighted by Crippen LogP contribution is 2.44. The third-order valence-corrected chi connectivity index (χ3v) is 3.92. The maximum atomic E-state index is 12.1. The van der Waals surface area contributed by atoms with Crippen LogP contribution in [0.25, 0.3) is 0 Å². The molecule has 2 atom stereocenters. The Labute approximate surface area is 116 Å². The molecule has 0 radical (unpaired) electrons. The molecule has 0 N–H and O–H groups in total. The predicted octanol–water partition coefficient (Wildman–Crippen LogP) is 1.70. The van der Waals surface area contributed by atoms with Crippen LogP contribution in [-0.2, 0) is 23.1 Å². The van der Waals surface area contributed by atoms with E-state index in [0.717, 1.165) is 11.0 Å². The lowest BCUT2D eigenvalue weighted by atomic mass is 10.4. The van der Waals surface area contributed by atoms with Gasteiger partial charge in [0, 0.05) is 6.66 Å². The zero-order chi connectivity index (χ0) is 14.7. The minimum absolute atomic E-state index is 0.190. The molecule has 7 heteroatoms. The molecule has 19 heavy (non-hydrogen) atoms. The second kappa shape index (κ2) is 6.20. The maximum absolute atomic E-state index is 12.1. The summed E-state index contributed by atoms with van der Waals surface area (Å²) in [6, 6.07) is 0. The van der Waals surface area contributed by atoms with Crippen LogP contribution in [0.15, 0.2) is 0 Å². The summed E-state index contributed by atoms with van der Waals surface area (Å²) in [6.07, 6.45) is -0.190. The van der Waals surface area contributed by atoms with Gasteiger partial charge in [-0.15, -0.1) is 0 Å². The largest absolute Gasteiger partial charge is 0.348 e. The van der Waals surface area contributed by atoms with E-state index in [9.17, 15) is 4.57 Å². The fourth-order valence-corrected chi connectivity index (χ4v) is 2.51. The molecule has 6 nitrogen and oxygen atoms in total. The van der Waals surface area contributed by atoms with Crippen LogP contribution in [0.3, 0.4) is 0 Å². The highest BCUT2D eigenvalue weighted by Gasteiger charge is 2.34. The number of likely N-dealkylation sites (N-methyl/N-ethyl adjacent to an activating group) is 1. The van der Waals surface area contributed by atoms with Gasteiger partial charge in [-0.05, 0) is 13.8 Å². The molecule has 0 bridgehead atoms. The van der Waals surface area contributed by atoms with Crippen molar-refractivity contribution in [3.05, 3.63) is 0 Å². The Morgan fingerprint density at radius 3 is 2.42 bits per heavy atom. The molecule has 1 saturated heterocycles. The van der Waals surface area contributed by atoms with Crippen LogP contribution < -0.4 is 0 Å². The Bertz CT molecular complexity index is 340. The summed E-state index contributed by atoms with van der Waals surface area (Å²) in [5.41, 5.74) is 0. The molecule has 0 aromatic rings. The van der Waals surface area contributed by atoms with Gasteiger partial charge in [0.1, 0.15) is 19.3 Å². The first-order valence-electron chi connectivity index (χ1n) is 6.48. The van der Waals surface area contributed by atoms with Crippen LogP contribution in [0.4, 0.5) is 0 Å². The van der Waals surface area contributed by atoms with E-state index in [-0.39, 0.29) is 12.7 Å². The summed E-state index contributed by atoms with van der Waals surface area (Å²) in [4.78, 5) is 0. The Hall–Kier alpha value is 0.0300. The summed E-state index contributed by atoms with van der Waals surface area (Å²) in [7, 11) is 3.14. The van der Waals surface area contributed by atoms with Crippen molar-refractivity contribution in [3.8, 4) is 0 Å². The smallest absolute Gasteiger partial charge is 0.327 e. The van der Waals surface area contributed by atoms with Gasteiger partial charge >= 0.3 is 7.60 Å². The van der Waals surface area contributed by atoms with Gasteiger partial charge in [-0.1, -0.05) is 0 Å². The van der Waals surface area contributed by atoms with Crippen LogP contribution in [0, 0.1) is 0 Å². The van der Waals surface area contributed by atoms with E-state index in [1.54, 1.807) is 0 Å². The number of rotatable bonds is 7. The SMILES string of the molecule is CC1(C)OCC(COP(C)(=O)OCC[N+](C)(C)C)O1. The van der Waals surface area contributed by atoms with Crippen molar-refractivity contribution in [1.29, 1.82) is 0 Å². The zero-order valence-corrected chi connectivity index (χ0v) is 13.7. The average Bonchev–Trinajstić information content (AvgIpc) is 2.53. The normalized spacial score (nSPS) is 26.3. The summed E-state index contributed by atoms with van der Waals surface area (Å²) >= 11 is 0. The van der Waals surface area contributed by atoms with Crippen molar-refractivity contribution < 1.29 is 27.6 Å². The van der Waals surface area contributed by atoms with Crippen LogP contribution in [0.1, 0.15) is 13.8 Å². The highest BCUT2D eigenvalue weighted by atomic mass is 31.2. The lowest BCUT2D eigenvalue weighted by Gasteiger charge is -2.24. The minimum Gasteiger partial charge on any atom is -0.348 e. The van der Waals surface area contributed by atoms with E-state index in [2.05, 4.69) is 21.1 Å². The van der Waals surface area contributed by atoms with Crippen molar-refractivity contribution in [2.24, 2.45) is 0 Å². The summed E-state index contributed by atoms with van der Waals surface area (Å²) in [5, 5.41) is 0. The number of ether oxygens (including phenoxy) is 2. The van der Waals surface area contributed by atoms with Gasteiger partial charge in [-0.3, -0.25) is 4.57 Å². The van der Waals surface area contributed by atoms with E-state index in [1.807, 2.05) is 13.8 Å². The number of hydrogen-bond acceptors (Lipinski definition) is 5. The molecule has 1 fully saturated rings. The van der Waals surface area contributed by atoms with Gasteiger partial charge < -0.3 is 23.0 Å². The molecule has 0 aromatic carbocycles. The quantitative estimate of drug-likeness (QED) is 0.529. The molecule has 1 heterocycles. The lowest BCUT2D eigenvalue weighted by molar-refractivity contribution is -0.870. The Kier molecular flexibility index (Phi) is 5.58. The Balaban J connectivity index is 2.26. The molecule has 1 aliphatic heterocycles. The van der Waals surface area contributed by atoms with Crippen LogP contribution in [0.5, 0.6) is 0 Å². The number of quaternary nitrogens is 1. The third-order valence-electron chi connectivity index (χ3n) is 2.65. The summed E-state index contributed by atoms with van der Waals surface area (Å²) < 4.78 is 34.5. The van der Waals surface area contributed by atoms with Crippen LogP contribution >= 0.6 is 7.60 Å². The van der Waals surface area contributed by atoms with Crippen molar-refractivity contribution in [3.63, 3.8) is 0 Å².